The molecule has 0 spiro atoms. The van der Waals surface area contributed by atoms with Crippen molar-refractivity contribution < 1.29 is 12.8 Å². The highest BCUT2D eigenvalue weighted by atomic mass is 32.2. The highest BCUT2D eigenvalue weighted by Gasteiger charge is 2.20. The Bertz CT molecular complexity index is 793. The molecule has 0 aliphatic rings. The van der Waals surface area contributed by atoms with Crippen LogP contribution in [0.3, 0.4) is 0 Å². The molecule has 2 heterocycles. The molecule has 0 saturated heterocycles. The second kappa shape index (κ2) is 5.18. The van der Waals surface area contributed by atoms with Gasteiger partial charge in [0, 0.05) is 17.1 Å². The summed E-state index contributed by atoms with van der Waals surface area (Å²) in [7, 11) is -3.45. The van der Waals surface area contributed by atoms with Gasteiger partial charge < -0.3 is 4.42 Å². The van der Waals surface area contributed by atoms with Crippen molar-refractivity contribution in [2.75, 3.05) is 0 Å². The first-order chi connectivity index (χ1) is 9.65. The molecule has 7 heteroatoms. The minimum Gasteiger partial charge on any atom is -0.444 e. The first kappa shape index (κ1) is 13.0. The summed E-state index contributed by atoms with van der Waals surface area (Å²) < 4.78 is 29.6. The molecule has 2 aromatic heterocycles. The molecule has 102 valence electrons. The van der Waals surface area contributed by atoms with Gasteiger partial charge in [-0.3, -0.25) is 0 Å². The molecule has 0 saturated carbocycles. The highest BCUT2D eigenvalue weighted by molar-refractivity contribution is 7.92. The van der Waals surface area contributed by atoms with Crippen molar-refractivity contribution in [3.05, 3.63) is 53.9 Å². The lowest BCUT2D eigenvalue weighted by Crippen LogP contribution is -2.04. The number of benzene rings is 1. The van der Waals surface area contributed by atoms with Crippen molar-refractivity contribution in [1.29, 1.82) is 0 Å². The van der Waals surface area contributed by atoms with Gasteiger partial charge in [-0.15, -0.1) is 11.3 Å². The summed E-state index contributed by atoms with van der Waals surface area (Å²) in [6, 6.07) is 9.33. The van der Waals surface area contributed by atoms with Crippen LogP contribution in [0.5, 0.6) is 0 Å². The number of rotatable bonds is 4. The fraction of sp³-hybridized carbons (Fsp3) is 0.0769. The van der Waals surface area contributed by atoms with Gasteiger partial charge in [0.25, 0.3) is 0 Å². The van der Waals surface area contributed by atoms with E-state index in [4.69, 9.17) is 4.42 Å². The topological polar surface area (TPSA) is 73.1 Å². The Morgan fingerprint density at radius 3 is 2.70 bits per heavy atom. The fourth-order valence-corrected chi connectivity index (χ4v) is 3.86. The normalized spacial score (nSPS) is 11.6. The maximum Gasteiger partial charge on any atom is 0.226 e. The molecule has 0 fully saturated rings. The zero-order valence-corrected chi connectivity index (χ0v) is 11.9. The van der Waals surface area contributed by atoms with E-state index < -0.39 is 9.84 Å². The number of aromatic nitrogens is 2. The third kappa shape index (κ3) is 2.63. The molecule has 0 aliphatic carbocycles. The molecule has 0 bridgehead atoms. The Balaban J connectivity index is 1.85. The van der Waals surface area contributed by atoms with Crippen LogP contribution in [0.2, 0.25) is 0 Å². The molecule has 0 amide bonds. The Morgan fingerprint density at radius 2 is 2.00 bits per heavy atom. The summed E-state index contributed by atoms with van der Waals surface area (Å²) in [5.74, 6) is 0.201. The summed E-state index contributed by atoms with van der Waals surface area (Å²) >= 11 is 1.09. The van der Waals surface area contributed by atoms with Gasteiger partial charge in [-0.2, -0.15) is 0 Å². The van der Waals surface area contributed by atoms with Crippen LogP contribution in [0, 0.1) is 0 Å². The number of oxazole rings is 1. The van der Waals surface area contributed by atoms with E-state index in [1.807, 2.05) is 30.3 Å². The second-order valence-corrected chi connectivity index (χ2v) is 7.12. The summed E-state index contributed by atoms with van der Waals surface area (Å²) in [5.41, 5.74) is 1.18. The SMILES string of the molecule is O=S(=O)(Cc1coc(-c2ccccc2)n1)c1nccs1. The molecular weight excluding hydrogens is 296 g/mol. The zero-order valence-electron chi connectivity index (χ0n) is 10.3. The lowest BCUT2D eigenvalue weighted by Gasteiger charge is -1.96. The number of hydrogen-bond donors (Lipinski definition) is 0. The van der Waals surface area contributed by atoms with E-state index in [1.165, 1.54) is 12.5 Å². The van der Waals surface area contributed by atoms with Gasteiger partial charge in [0.1, 0.15) is 12.0 Å². The number of sulfone groups is 1. The van der Waals surface area contributed by atoms with E-state index in [0.717, 1.165) is 16.9 Å². The van der Waals surface area contributed by atoms with E-state index in [1.54, 1.807) is 5.38 Å². The van der Waals surface area contributed by atoms with Crippen molar-refractivity contribution in [2.24, 2.45) is 0 Å². The average molecular weight is 306 g/mol. The maximum absolute atomic E-state index is 12.1. The monoisotopic (exact) mass is 306 g/mol. The quantitative estimate of drug-likeness (QED) is 0.741. The van der Waals surface area contributed by atoms with Crippen molar-refractivity contribution >= 4 is 21.2 Å². The van der Waals surface area contributed by atoms with Gasteiger partial charge in [-0.05, 0) is 12.1 Å². The minimum atomic E-state index is -3.45. The molecule has 0 radical (unpaired) electrons. The molecule has 20 heavy (non-hydrogen) atoms. The molecule has 0 atom stereocenters. The van der Waals surface area contributed by atoms with Crippen molar-refractivity contribution in [2.45, 2.75) is 10.1 Å². The highest BCUT2D eigenvalue weighted by Crippen LogP contribution is 2.22. The van der Waals surface area contributed by atoms with E-state index in [9.17, 15) is 8.42 Å². The summed E-state index contributed by atoms with van der Waals surface area (Å²) in [5, 5.41) is 1.63. The smallest absolute Gasteiger partial charge is 0.226 e. The molecule has 3 rings (SSSR count). The fourth-order valence-electron chi connectivity index (χ4n) is 1.71. The lowest BCUT2D eigenvalue weighted by molar-refractivity contribution is 0.571. The van der Waals surface area contributed by atoms with Crippen LogP contribution in [0.25, 0.3) is 11.5 Å². The summed E-state index contributed by atoms with van der Waals surface area (Å²) in [6.07, 6.45) is 2.84. The summed E-state index contributed by atoms with van der Waals surface area (Å²) in [6.45, 7) is 0. The maximum atomic E-state index is 12.1. The predicted octanol–water partition coefficient (Wildman–Crippen LogP) is 2.77. The number of nitrogens with zero attached hydrogens (tertiary/aromatic N) is 2. The molecule has 5 nitrogen and oxygen atoms in total. The van der Waals surface area contributed by atoms with Gasteiger partial charge in [0.05, 0.1) is 5.69 Å². The number of hydrogen-bond acceptors (Lipinski definition) is 6. The Morgan fingerprint density at radius 1 is 1.20 bits per heavy atom. The molecule has 0 N–H and O–H groups in total. The predicted molar refractivity (Wildman–Crippen MR) is 74.9 cm³/mol. The molecular formula is C13H10N2O3S2. The van der Waals surface area contributed by atoms with Gasteiger partial charge in [-0.25, -0.2) is 18.4 Å². The Kier molecular flexibility index (Phi) is 3.37. The van der Waals surface area contributed by atoms with Crippen LogP contribution in [-0.4, -0.2) is 18.4 Å². The van der Waals surface area contributed by atoms with E-state index >= 15 is 0 Å². The van der Waals surface area contributed by atoms with Crippen LogP contribution >= 0.6 is 11.3 Å². The van der Waals surface area contributed by atoms with Crippen LogP contribution < -0.4 is 0 Å². The first-order valence-electron chi connectivity index (χ1n) is 5.77. The minimum absolute atomic E-state index is 0.0989. The second-order valence-electron chi connectivity index (χ2n) is 4.07. The lowest BCUT2D eigenvalue weighted by atomic mass is 10.2. The summed E-state index contributed by atoms with van der Waals surface area (Å²) in [4.78, 5) is 8.03. The molecule has 3 aromatic rings. The standard InChI is InChI=1S/C13H10N2O3S2/c16-20(17,13-14-6-7-19-13)9-11-8-18-12(15-11)10-4-2-1-3-5-10/h1-8H,9H2. The third-order valence-corrected chi connectivity index (χ3v) is 5.51. The van der Waals surface area contributed by atoms with Crippen molar-refractivity contribution in [3.63, 3.8) is 0 Å². The van der Waals surface area contributed by atoms with Crippen LogP contribution in [0.15, 0.2) is 56.9 Å². The third-order valence-electron chi connectivity index (χ3n) is 2.59. The van der Waals surface area contributed by atoms with Gasteiger partial charge in [-0.1, -0.05) is 18.2 Å². The van der Waals surface area contributed by atoms with E-state index in [2.05, 4.69) is 9.97 Å². The van der Waals surface area contributed by atoms with Gasteiger partial charge >= 0.3 is 0 Å². The van der Waals surface area contributed by atoms with E-state index in [0.29, 0.717) is 11.6 Å². The van der Waals surface area contributed by atoms with Gasteiger partial charge in [0.2, 0.25) is 20.1 Å². The zero-order chi connectivity index (χ0) is 14.0. The first-order valence-corrected chi connectivity index (χ1v) is 8.30. The number of thiazole rings is 1. The van der Waals surface area contributed by atoms with Crippen molar-refractivity contribution in [3.8, 4) is 11.5 Å². The van der Waals surface area contributed by atoms with E-state index in [-0.39, 0.29) is 10.1 Å². The Hall–Kier alpha value is -1.99. The molecule has 0 unspecified atom stereocenters. The van der Waals surface area contributed by atoms with Crippen molar-refractivity contribution in [1.82, 2.24) is 9.97 Å². The van der Waals surface area contributed by atoms with Crippen LogP contribution in [0.1, 0.15) is 5.69 Å². The van der Waals surface area contributed by atoms with Crippen LogP contribution in [0.4, 0.5) is 0 Å². The molecule has 1 aromatic carbocycles. The van der Waals surface area contributed by atoms with Crippen LogP contribution in [-0.2, 0) is 15.6 Å². The largest absolute Gasteiger partial charge is 0.444 e. The van der Waals surface area contributed by atoms with Gasteiger partial charge in [0.15, 0.2) is 0 Å². The molecule has 0 aliphatic heterocycles. The average Bonchev–Trinajstić information content (AvgIpc) is 3.10. The Labute approximate surface area is 119 Å².